The summed E-state index contributed by atoms with van der Waals surface area (Å²) in [6.45, 7) is 4.38. The van der Waals surface area contributed by atoms with Crippen molar-refractivity contribution in [2.45, 2.75) is 6.92 Å². The zero-order valence-corrected chi connectivity index (χ0v) is 6.02. The van der Waals surface area contributed by atoms with Gasteiger partial charge in [-0.1, -0.05) is 0 Å². The number of nitrogens with one attached hydrogen (secondary N) is 1. The Morgan fingerprint density at radius 2 is 2.22 bits per heavy atom. The first-order valence-corrected chi connectivity index (χ1v) is 3.14. The minimum absolute atomic E-state index is 0.764. The van der Waals surface area contributed by atoms with Crippen molar-refractivity contribution in [1.29, 1.82) is 0 Å². The Morgan fingerprint density at radius 3 is 2.78 bits per heavy atom. The van der Waals surface area contributed by atoms with Crippen LogP contribution >= 0.6 is 0 Å². The number of hydrogen-bond donors (Lipinski definition) is 1. The van der Waals surface area contributed by atoms with Crippen LogP contribution in [0, 0.1) is 0 Å². The number of likely N-dealkylation sites (N-methyl/N-ethyl adjacent to an activating group) is 1. The van der Waals surface area contributed by atoms with E-state index in [1.54, 1.807) is 0 Å². The van der Waals surface area contributed by atoms with Crippen LogP contribution in [0.3, 0.4) is 0 Å². The van der Waals surface area contributed by atoms with Crippen molar-refractivity contribution in [3.05, 3.63) is 0 Å². The quantitative estimate of drug-likeness (QED) is 0.430. The zero-order valence-electron chi connectivity index (χ0n) is 6.02. The van der Waals surface area contributed by atoms with Gasteiger partial charge in [-0.05, 0) is 14.0 Å². The zero-order chi connectivity index (χ0) is 6.95. The molecule has 0 unspecified atom stereocenters. The summed E-state index contributed by atoms with van der Waals surface area (Å²) in [5, 5.41) is 2.97. The van der Waals surface area contributed by atoms with Gasteiger partial charge < -0.3 is 5.32 Å². The first-order valence-electron chi connectivity index (χ1n) is 3.14. The lowest BCUT2D eigenvalue weighted by atomic mass is 10.6. The van der Waals surface area contributed by atoms with Crippen LogP contribution in [0.15, 0.2) is 9.98 Å². The Kier molecular flexibility index (Phi) is 6.80. The fraction of sp³-hybridized carbons (Fsp3) is 0.833. The minimum atomic E-state index is 0.764. The van der Waals surface area contributed by atoms with E-state index in [9.17, 15) is 0 Å². The number of aliphatic imine (C=N–C) groups is 2. The van der Waals surface area contributed by atoms with Crippen molar-refractivity contribution < 1.29 is 0 Å². The SMILES string of the molecule is CCN=C=NCCNC. The van der Waals surface area contributed by atoms with Gasteiger partial charge in [0, 0.05) is 13.1 Å². The van der Waals surface area contributed by atoms with Gasteiger partial charge in [0.1, 0.15) is 0 Å². The van der Waals surface area contributed by atoms with Gasteiger partial charge in [-0.25, -0.2) is 9.98 Å². The third kappa shape index (κ3) is 7.34. The first kappa shape index (κ1) is 8.34. The summed E-state index contributed by atoms with van der Waals surface area (Å²) in [5.41, 5.74) is 0. The number of nitrogens with zero attached hydrogens (tertiary/aromatic N) is 2. The molecule has 1 N–H and O–H groups in total. The van der Waals surface area contributed by atoms with Gasteiger partial charge in [-0.3, -0.25) is 0 Å². The summed E-state index contributed by atoms with van der Waals surface area (Å²) in [5.74, 6) is 0. The van der Waals surface area contributed by atoms with Gasteiger partial charge in [0.2, 0.25) is 0 Å². The smallest absolute Gasteiger partial charge is 0.0892 e. The number of rotatable bonds is 4. The largest absolute Gasteiger partial charge is 0.318 e. The van der Waals surface area contributed by atoms with Gasteiger partial charge in [0.15, 0.2) is 0 Å². The van der Waals surface area contributed by atoms with Crippen LogP contribution in [0.25, 0.3) is 0 Å². The highest BCUT2D eigenvalue weighted by molar-refractivity contribution is 5.40. The molecule has 0 aromatic rings. The molecule has 0 aliphatic carbocycles. The molecule has 0 bridgehead atoms. The standard InChI is InChI=1S/C6H13N3/c1-3-8-6-9-5-4-7-2/h7H,3-5H2,1-2H3. The third-order valence-corrected chi connectivity index (χ3v) is 0.773. The van der Waals surface area contributed by atoms with E-state index in [-0.39, 0.29) is 0 Å². The lowest BCUT2D eigenvalue weighted by molar-refractivity contribution is 0.804. The van der Waals surface area contributed by atoms with Crippen molar-refractivity contribution >= 4 is 6.01 Å². The van der Waals surface area contributed by atoms with Gasteiger partial charge >= 0.3 is 0 Å². The Balaban J connectivity index is 3.13. The van der Waals surface area contributed by atoms with E-state index >= 15 is 0 Å². The van der Waals surface area contributed by atoms with Crippen LogP contribution < -0.4 is 5.32 Å². The molecule has 0 aliphatic rings. The van der Waals surface area contributed by atoms with E-state index in [0.29, 0.717) is 0 Å². The molecule has 0 aromatic heterocycles. The predicted molar refractivity (Wildman–Crippen MR) is 39.2 cm³/mol. The molecule has 0 saturated carbocycles. The normalized spacial score (nSPS) is 8.22. The molecule has 0 radical (unpaired) electrons. The summed E-state index contributed by atoms with van der Waals surface area (Å²) in [4.78, 5) is 7.67. The first-order chi connectivity index (χ1) is 4.41. The van der Waals surface area contributed by atoms with Gasteiger partial charge in [-0.2, -0.15) is 0 Å². The van der Waals surface area contributed by atoms with Crippen LogP contribution in [-0.4, -0.2) is 32.7 Å². The molecular formula is C6H13N3. The van der Waals surface area contributed by atoms with E-state index < -0.39 is 0 Å². The Hall–Kier alpha value is -0.660. The van der Waals surface area contributed by atoms with Gasteiger partial charge in [0.25, 0.3) is 0 Å². The highest BCUT2D eigenvalue weighted by Crippen LogP contribution is 1.63. The average molecular weight is 127 g/mol. The van der Waals surface area contributed by atoms with Crippen molar-refractivity contribution in [2.75, 3.05) is 26.7 Å². The maximum absolute atomic E-state index is 3.87. The minimum Gasteiger partial charge on any atom is -0.318 e. The lowest BCUT2D eigenvalue weighted by Crippen LogP contribution is -2.09. The van der Waals surface area contributed by atoms with E-state index in [0.717, 1.165) is 19.6 Å². The molecule has 0 heterocycles. The summed E-state index contributed by atoms with van der Waals surface area (Å²) >= 11 is 0. The molecule has 9 heavy (non-hydrogen) atoms. The molecular weight excluding hydrogens is 114 g/mol. The molecule has 0 aliphatic heterocycles. The highest BCUT2D eigenvalue weighted by Gasteiger charge is 1.72. The van der Waals surface area contributed by atoms with Gasteiger partial charge in [0.05, 0.1) is 12.6 Å². The van der Waals surface area contributed by atoms with Crippen LogP contribution in [0.1, 0.15) is 6.92 Å². The van der Waals surface area contributed by atoms with Crippen molar-refractivity contribution in [2.24, 2.45) is 9.98 Å². The Morgan fingerprint density at radius 1 is 1.44 bits per heavy atom. The summed E-state index contributed by atoms with van der Waals surface area (Å²) in [6.07, 6.45) is 0. The van der Waals surface area contributed by atoms with Gasteiger partial charge in [-0.15, -0.1) is 0 Å². The van der Waals surface area contributed by atoms with Crippen molar-refractivity contribution in [3.8, 4) is 0 Å². The van der Waals surface area contributed by atoms with Crippen molar-refractivity contribution in [1.82, 2.24) is 5.32 Å². The lowest BCUT2D eigenvalue weighted by Gasteiger charge is -1.86. The van der Waals surface area contributed by atoms with E-state index in [1.165, 1.54) is 0 Å². The fourth-order valence-corrected chi connectivity index (χ4v) is 0.338. The maximum atomic E-state index is 3.87. The summed E-state index contributed by atoms with van der Waals surface area (Å²) in [7, 11) is 1.90. The summed E-state index contributed by atoms with van der Waals surface area (Å²) in [6, 6.07) is 2.58. The molecule has 0 fully saturated rings. The second kappa shape index (κ2) is 7.34. The molecule has 0 saturated heterocycles. The van der Waals surface area contributed by atoms with Crippen LogP contribution in [0.4, 0.5) is 0 Å². The molecule has 52 valence electrons. The molecule has 0 atom stereocenters. The van der Waals surface area contributed by atoms with E-state index in [1.807, 2.05) is 14.0 Å². The molecule has 0 aromatic carbocycles. The van der Waals surface area contributed by atoms with Crippen LogP contribution in [0.2, 0.25) is 0 Å². The molecule has 3 heteroatoms. The highest BCUT2D eigenvalue weighted by atomic mass is 14.9. The van der Waals surface area contributed by atoms with Crippen molar-refractivity contribution in [3.63, 3.8) is 0 Å². The second-order valence-corrected chi connectivity index (χ2v) is 1.56. The number of hydrogen-bond acceptors (Lipinski definition) is 3. The van der Waals surface area contributed by atoms with Crippen LogP contribution in [-0.2, 0) is 0 Å². The molecule has 0 rings (SSSR count). The molecule has 0 amide bonds. The van der Waals surface area contributed by atoms with Crippen LogP contribution in [0.5, 0.6) is 0 Å². The topological polar surface area (TPSA) is 36.8 Å². The van der Waals surface area contributed by atoms with E-state index in [2.05, 4.69) is 21.3 Å². The Bertz CT molecular complexity index is 103. The third-order valence-electron chi connectivity index (χ3n) is 0.773. The maximum Gasteiger partial charge on any atom is 0.0892 e. The molecule has 3 nitrogen and oxygen atoms in total. The fourth-order valence-electron chi connectivity index (χ4n) is 0.338. The summed E-state index contributed by atoms with van der Waals surface area (Å²) < 4.78 is 0. The van der Waals surface area contributed by atoms with E-state index in [4.69, 9.17) is 0 Å². The average Bonchev–Trinajstić information content (AvgIpc) is 1.89. The Labute approximate surface area is 55.9 Å². The monoisotopic (exact) mass is 127 g/mol. The molecule has 0 spiro atoms. The second-order valence-electron chi connectivity index (χ2n) is 1.56. The predicted octanol–water partition coefficient (Wildman–Crippen LogP) is 0.400.